The van der Waals surface area contributed by atoms with E-state index >= 15 is 0 Å². The minimum Gasteiger partial charge on any atom is -0.324 e. The van der Waals surface area contributed by atoms with Crippen molar-refractivity contribution in [2.45, 2.75) is 0 Å². The fraction of sp³-hybridized carbons (Fsp3) is 0.0667. The molecule has 21 heavy (non-hydrogen) atoms. The average molecular weight is 304 g/mol. The van der Waals surface area contributed by atoms with Crippen LogP contribution in [0.1, 0.15) is 10.4 Å². The zero-order valence-electron chi connectivity index (χ0n) is 11.1. The van der Waals surface area contributed by atoms with Gasteiger partial charge >= 0.3 is 6.03 Å². The van der Waals surface area contributed by atoms with Crippen LogP contribution in [0.5, 0.6) is 0 Å². The fourth-order valence-electron chi connectivity index (χ4n) is 1.76. The molecule has 0 atom stereocenters. The molecule has 2 aromatic rings. The first-order chi connectivity index (χ1) is 10.1. The summed E-state index contributed by atoms with van der Waals surface area (Å²) in [6, 6.07) is 13.0. The highest BCUT2D eigenvalue weighted by molar-refractivity contribution is 6.30. The maximum Gasteiger partial charge on any atom is 0.323 e. The third kappa shape index (κ3) is 4.05. The monoisotopic (exact) mass is 303 g/mol. The van der Waals surface area contributed by atoms with Crippen molar-refractivity contribution < 1.29 is 9.59 Å². The van der Waals surface area contributed by atoms with Crippen molar-refractivity contribution in [2.24, 2.45) is 5.73 Å². The number of Topliss-reactive ketones (excluding diaryl/α,β-unsaturated/α-hetero) is 1. The lowest BCUT2D eigenvalue weighted by molar-refractivity contribution is 0.100. The molecule has 0 heterocycles. The lowest BCUT2D eigenvalue weighted by Gasteiger charge is -2.11. The van der Waals surface area contributed by atoms with Crippen LogP contribution in [-0.4, -0.2) is 18.4 Å². The van der Waals surface area contributed by atoms with E-state index in [1.54, 1.807) is 48.5 Å². The highest BCUT2D eigenvalue weighted by Gasteiger charge is 2.11. The molecule has 0 spiro atoms. The van der Waals surface area contributed by atoms with E-state index in [1.807, 2.05) is 0 Å². The number of para-hydroxylation sites is 1. The Hall–Kier alpha value is -2.37. The summed E-state index contributed by atoms with van der Waals surface area (Å²) in [6.45, 7) is -0.114. The molecule has 108 valence electrons. The Morgan fingerprint density at radius 2 is 1.67 bits per heavy atom. The molecule has 2 rings (SSSR count). The molecular formula is C15H14ClN3O2. The summed E-state index contributed by atoms with van der Waals surface area (Å²) in [7, 11) is 0. The number of hydrogen-bond acceptors (Lipinski definition) is 3. The number of nitrogens with one attached hydrogen (secondary N) is 2. The average Bonchev–Trinajstić information content (AvgIpc) is 2.49. The zero-order chi connectivity index (χ0) is 15.2. The number of benzene rings is 2. The number of amides is 2. The van der Waals surface area contributed by atoms with Crippen molar-refractivity contribution >= 4 is 34.8 Å². The maximum atomic E-state index is 11.9. The van der Waals surface area contributed by atoms with Crippen LogP contribution < -0.4 is 16.4 Å². The second-order valence-corrected chi connectivity index (χ2v) is 4.70. The molecule has 2 amide bonds. The number of carbonyl (C=O) groups is 2. The van der Waals surface area contributed by atoms with Gasteiger partial charge in [-0.05, 0) is 36.4 Å². The first-order valence-electron chi connectivity index (χ1n) is 6.26. The van der Waals surface area contributed by atoms with Crippen molar-refractivity contribution in [3.8, 4) is 0 Å². The van der Waals surface area contributed by atoms with Crippen molar-refractivity contribution in [1.82, 2.24) is 0 Å². The van der Waals surface area contributed by atoms with Crippen LogP contribution in [-0.2, 0) is 0 Å². The SMILES string of the molecule is NCC(=O)c1ccccc1NC(=O)Nc1ccc(Cl)cc1. The third-order valence-corrected chi connectivity index (χ3v) is 3.02. The summed E-state index contributed by atoms with van der Waals surface area (Å²) in [5, 5.41) is 5.86. The Morgan fingerprint density at radius 3 is 2.33 bits per heavy atom. The summed E-state index contributed by atoms with van der Waals surface area (Å²) in [5.41, 5.74) is 6.74. The summed E-state index contributed by atoms with van der Waals surface area (Å²) >= 11 is 5.77. The Morgan fingerprint density at radius 1 is 1.00 bits per heavy atom. The second kappa shape index (κ2) is 6.88. The molecule has 0 saturated heterocycles. The fourth-order valence-corrected chi connectivity index (χ4v) is 1.89. The van der Waals surface area contributed by atoms with E-state index in [4.69, 9.17) is 17.3 Å². The molecule has 0 aliphatic rings. The van der Waals surface area contributed by atoms with Crippen LogP contribution in [0.3, 0.4) is 0 Å². The van der Waals surface area contributed by atoms with Gasteiger partial charge in [-0.1, -0.05) is 23.7 Å². The second-order valence-electron chi connectivity index (χ2n) is 4.26. The van der Waals surface area contributed by atoms with Crippen molar-refractivity contribution in [3.05, 3.63) is 59.1 Å². The molecule has 0 radical (unpaired) electrons. The van der Waals surface area contributed by atoms with Gasteiger partial charge in [0, 0.05) is 16.3 Å². The molecule has 0 fully saturated rings. The molecular weight excluding hydrogens is 290 g/mol. The lowest BCUT2D eigenvalue weighted by Crippen LogP contribution is -2.22. The van der Waals surface area contributed by atoms with Gasteiger partial charge in [0.2, 0.25) is 0 Å². The van der Waals surface area contributed by atoms with E-state index in [0.717, 1.165) is 0 Å². The van der Waals surface area contributed by atoms with Gasteiger partial charge in [-0.2, -0.15) is 0 Å². The Bertz CT molecular complexity index is 656. The lowest BCUT2D eigenvalue weighted by atomic mass is 10.1. The van der Waals surface area contributed by atoms with Crippen molar-refractivity contribution in [1.29, 1.82) is 0 Å². The maximum absolute atomic E-state index is 11.9. The summed E-state index contributed by atoms with van der Waals surface area (Å²) in [5.74, 6) is -0.239. The highest BCUT2D eigenvalue weighted by Crippen LogP contribution is 2.17. The number of nitrogens with two attached hydrogens (primary N) is 1. The number of urea groups is 1. The first kappa shape index (κ1) is 15.0. The van der Waals surface area contributed by atoms with E-state index in [2.05, 4.69) is 10.6 Å². The minimum absolute atomic E-state index is 0.114. The van der Waals surface area contributed by atoms with Crippen LogP contribution in [0.4, 0.5) is 16.2 Å². The topological polar surface area (TPSA) is 84.2 Å². The van der Waals surface area contributed by atoms with Crippen molar-refractivity contribution in [2.75, 3.05) is 17.2 Å². The van der Waals surface area contributed by atoms with E-state index in [9.17, 15) is 9.59 Å². The molecule has 0 aliphatic carbocycles. The van der Waals surface area contributed by atoms with Crippen LogP contribution in [0.25, 0.3) is 0 Å². The molecule has 0 bridgehead atoms. The Balaban J connectivity index is 2.09. The molecule has 0 aromatic heterocycles. The molecule has 4 N–H and O–H groups in total. The van der Waals surface area contributed by atoms with E-state index < -0.39 is 6.03 Å². The molecule has 5 nitrogen and oxygen atoms in total. The van der Waals surface area contributed by atoms with Crippen LogP contribution in [0, 0.1) is 0 Å². The summed E-state index contributed by atoms with van der Waals surface area (Å²) in [6.07, 6.45) is 0. The third-order valence-electron chi connectivity index (χ3n) is 2.76. The van der Waals surface area contributed by atoms with Gasteiger partial charge in [-0.3, -0.25) is 4.79 Å². The number of carbonyl (C=O) groups excluding carboxylic acids is 2. The van der Waals surface area contributed by atoms with Gasteiger partial charge in [0.15, 0.2) is 5.78 Å². The van der Waals surface area contributed by atoms with Crippen LogP contribution in [0.15, 0.2) is 48.5 Å². The van der Waals surface area contributed by atoms with Crippen molar-refractivity contribution in [3.63, 3.8) is 0 Å². The predicted molar refractivity (Wildman–Crippen MR) is 83.9 cm³/mol. The molecule has 2 aromatic carbocycles. The molecule has 0 saturated carbocycles. The highest BCUT2D eigenvalue weighted by atomic mass is 35.5. The summed E-state index contributed by atoms with van der Waals surface area (Å²) < 4.78 is 0. The first-order valence-corrected chi connectivity index (χ1v) is 6.64. The quantitative estimate of drug-likeness (QED) is 0.759. The van der Waals surface area contributed by atoms with Crippen LogP contribution >= 0.6 is 11.6 Å². The van der Waals surface area contributed by atoms with Gasteiger partial charge < -0.3 is 16.4 Å². The van der Waals surface area contributed by atoms with Gasteiger partial charge in [0.05, 0.1) is 12.2 Å². The number of ketones is 1. The van der Waals surface area contributed by atoms with Gasteiger partial charge in [0.25, 0.3) is 0 Å². The van der Waals surface area contributed by atoms with E-state index in [1.165, 1.54) is 0 Å². The molecule has 0 unspecified atom stereocenters. The zero-order valence-corrected chi connectivity index (χ0v) is 11.9. The smallest absolute Gasteiger partial charge is 0.323 e. The normalized spacial score (nSPS) is 10.0. The summed E-state index contributed by atoms with van der Waals surface area (Å²) in [4.78, 5) is 23.6. The number of halogens is 1. The number of anilines is 2. The number of rotatable bonds is 4. The van der Waals surface area contributed by atoms with Crippen LogP contribution in [0.2, 0.25) is 5.02 Å². The minimum atomic E-state index is -0.449. The van der Waals surface area contributed by atoms with Gasteiger partial charge in [-0.25, -0.2) is 4.79 Å². The largest absolute Gasteiger partial charge is 0.324 e. The van der Waals surface area contributed by atoms with E-state index in [0.29, 0.717) is 22.0 Å². The Labute approximate surface area is 127 Å². The predicted octanol–water partition coefficient (Wildman–Crippen LogP) is 3.13. The van der Waals surface area contributed by atoms with Gasteiger partial charge in [-0.15, -0.1) is 0 Å². The van der Waals surface area contributed by atoms with E-state index in [-0.39, 0.29) is 12.3 Å². The molecule has 6 heteroatoms. The number of hydrogen-bond donors (Lipinski definition) is 3. The molecule has 0 aliphatic heterocycles. The Kier molecular flexibility index (Phi) is 4.92. The van der Waals surface area contributed by atoms with Gasteiger partial charge in [0.1, 0.15) is 0 Å². The standard InChI is InChI=1S/C15H14ClN3O2/c16-10-5-7-11(8-6-10)18-15(21)19-13-4-2-1-3-12(13)14(20)9-17/h1-8H,9,17H2,(H2,18,19,21).